The maximum absolute atomic E-state index is 6.10. The lowest BCUT2D eigenvalue weighted by molar-refractivity contribution is 0.606. The van der Waals surface area contributed by atoms with Crippen LogP contribution in [0.2, 0.25) is 0 Å². The summed E-state index contributed by atoms with van der Waals surface area (Å²) in [5, 5.41) is 6.47. The van der Waals surface area contributed by atoms with Gasteiger partial charge < -0.3 is 16.4 Å². The highest BCUT2D eigenvalue weighted by Crippen LogP contribution is 2.22. The van der Waals surface area contributed by atoms with E-state index in [1.54, 1.807) is 6.20 Å². The average molecular weight is 286 g/mol. The van der Waals surface area contributed by atoms with Crippen molar-refractivity contribution in [1.29, 1.82) is 0 Å². The second-order valence-electron chi connectivity index (χ2n) is 5.31. The molecule has 2 rings (SSSR count). The topological polar surface area (TPSA) is 88.8 Å². The molecule has 112 valence electrons. The minimum atomic E-state index is 0.546. The second-order valence-corrected chi connectivity index (χ2v) is 5.31. The van der Waals surface area contributed by atoms with Crippen LogP contribution in [-0.4, -0.2) is 21.5 Å². The third-order valence-electron chi connectivity index (χ3n) is 3.08. The number of nitrogens with zero attached hydrogens (tertiary/aromatic N) is 3. The van der Waals surface area contributed by atoms with Gasteiger partial charge in [0.15, 0.2) is 11.6 Å². The summed E-state index contributed by atoms with van der Waals surface area (Å²) < 4.78 is 0. The van der Waals surface area contributed by atoms with E-state index in [9.17, 15) is 0 Å². The van der Waals surface area contributed by atoms with Gasteiger partial charge in [0, 0.05) is 25.5 Å². The minimum absolute atomic E-state index is 0.546. The van der Waals surface area contributed by atoms with E-state index in [2.05, 4.69) is 39.4 Å². The maximum atomic E-state index is 6.10. The number of nitrogen functional groups attached to an aromatic ring is 1. The molecule has 4 N–H and O–H groups in total. The van der Waals surface area contributed by atoms with Crippen LogP contribution in [0, 0.1) is 5.92 Å². The first-order chi connectivity index (χ1) is 10.2. The molecule has 0 aliphatic heterocycles. The first-order valence-corrected chi connectivity index (χ1v) is 7.14. The SMILES string of the molecule is CC(C)CCNc1ncnc(NCc2cccnc2)c1N. The van der Waals surface area contributed by atoms with E-state index in [4.69, 9.17) is 5.73 Å². The van der Waals surface area contributed by atoms with Crippen molar-refractivity contribution in [1.82, 2.24) is 15.0 Å². The molecule has 0 bridgehead atoms. The van der Waals surface area contributed by atoms with Gasteiger partial charge in [-0.2, -0.15) is 0 Å². The molecular formula is C15H22N6. The predicted octanol–water partition coefficient (Wildman–Crippen LogP) is 2.52. The Hall–Kier alpha value is -2.37. The first kappa shape index (κ1) is 15.0. The molecule has 6 heteroatoms. The molecule has 0 spiro atoms. The van der Waals surface area contributed by atoms with Gasteiger partial charge in [0.2, 0.25) is 0 Å². The molecule has 0 radical (unpaired) electrons. The van der Waals surface area contributed by atoms with Gasteiger partial charge in [-0.05, 0) is 24.0 Å². The van der Waals surface area contributed by atoms with Crippen LogP contribution in [0.15, 0.2) is 30.9 Å². The Kier molecular flexibility index (Phi) is 5.31. The van der Waals surface area contributed by atoms with Gasteiger partial charge in [-0.15, -0.1) is 0 Å². The van der Waals surface area contributed by atoms with Crippen molar-refractivity contribution in [2.45, 2.75) is 26.8 Å². The van der Waals surface area contributed by atoms with Gasteiger partial charge in [-0.1, -0.05) is 19.9 Å². The fraction of sp³-hybridized carbons (Fsp3) is 0.400. The first-order valence-electron chi connectivity index (χ1n) is 7.14. The van der Waals surface area contributed by atoms with E-state index in [1.807, 2.05) is 18.3 Å². The second kappa shape index (κ2) is 7.42. The highest BCUT2D eigenvalue weighted by molar-refractivity contribution is 5.73. The highest BCUT2D eigenvalue weighted by Gasteiger charge is 2.07. The number of hydrogen-bond donors (Lipinski definition) is 3. The van der Waals surface area contributed by atoms with Gasteiger partial charge in [0.1, 0.15) is 12.0 Å². The van der Waals surface area contributed by atoms with Crippen LogP contribution in [0.3, 0.4) is 0 Å². The smallest absolute Gasteiger partial charge is 0.155 e. The van der Waals surface area contributed by atoms with Crippen molar-refractivity contribution >= 4 is 17.3 Å². The van der Waals surface area contributed by atoms with Crippen molar-refractivity contribution in [3.63, 3.8) is 0 Å². The molecule has 2 aromatic heterocycles. The van der Waals surface area contributed by atoms with Crippen LogP contribution in [0.25, 0.3) is 0 Å². The zero-order valence-corrected chi connectivity index (χ0v) is 12.5. The molecule has 0 atom stereocenters. The Morgan fingerprint density at radius 2 is 1.95 bits per heavy atom. The normalized spacial score (nSPS) is 10.6. The van der Waals surface area contributed by atoms with Crippen LogP contribution in [0.5, 0.6) is 0 Å². The Morgan fingerprint density at radius 1 is 1.19 bits per heavy atom. The molecule has 2 aromatic rings. The standard InChI is InChI=1S/C15H22N6/c1-11(2)5-7-18-14-13(16)15(21-10-20-14)19-9-12-4-3-6-17-8-12/h3-4,6,8,10-11H,5,7,9,16H2,1-2H3,(H2,18,19,20,21). The molecule has 0 amide bonds. The fourth-order valence-corrected chi connectivity index (χ4v) is 1.85. The van der Waals surface area contributed by atoms with Crippen LogP contribution in [0.1, 0.15) is 25.8 Å². The highest BCUT2D eigenvalue weighted by atomic mass is 15.1. The molecule has 0 fully saturated rings. The maximum Gasteiger partial charge on any atom is 0.155 e. The number of nitrogens with one attached hydrogen (secondary N) is 2. The fourth-order valence-electron chi connectivity index (χ4n) is 1.85. The van der Waals surface area contributed by atoms with Crippen molar-refractivity contribution < 1.29 is 0 Å². The van der Waals surface area contributed by atoms with Gasteiger partial charge in [0.25, 0.3) is 0 Å². The van der Waals surface area contributed by atoms with E-state index in [1.165, 1.54) is 6.33 Å². The van der Waals surface area contributed by atoms with Crippen molar-refractivity contribution in [3.05, 3.63) is 36.4 Å². The third-order valence-corrected chi connectivity index (χ3v) is 3.08. The van der Waals surface area contributed by atoms with Gasteiger partial charge in [0.05, 0.1) is 0 Å². The Balaban J connectivity index is 1.97. The predicted molar refractivity (Wildman–Crippen MR) is 86.0 cm³/mol. The molecule has 2 heterocycles. The van der Waals surface area contributed by atoms with E-state index >= 15 is 0 Å². The summed E-state index contributed by atoms with van der Waals surface area (Å²) in [6, 6.07) is 3.90. The number of anilines is 3. The molecule has 0 unspecified atom stereocenters. The molecule has 21 heavy (non-hydrogen) atoms. The Labute approximate surface area is 125 Å². The Bertz CT molecular complexity index is 555. The summed E-state index contributed by atoms with van der Waals surface area (Å²) in [7, 11) is 0. The quantitative estimate of drug-likeness (QED) is 0.725. The van der Waals surface area contributed by atoms with E-state index < -0.39 is 0 Å². The zero-order valence-electron chi connectivity index (χ0n) is 12.5. The number of rotatable bonds is 7. The van der Waals surface area contributed by atoms with Crippen molar-refractivity contribution in [2.24, 2.45) is 5.92 Å². The summed E-state index contributed by atoms with van der Waals surface area (Å²) >= 11 is 0. The molecule has 0 aromatic carbocycles. The molecular weight excluding hydrogens is 264 g/mol. The summed E-state index contributed by atoms with van der Waals surface area (Å²) in [5.41, 5.74) is 7.72. The lowest BCUT2D eigenvalue weighted by Gasteiger charge is -2.13. The largest absolute Gasteiger partial charge is 0.393 e. The summed E-state index contributed by atoms with van der Waals surface area (Å²) in [6.45, 7) is 5.85. The number of pyridine rings is 1. The molecule has 6 nitrogen and oxygen atoms in total. The van der Waals surface area contributed by atoms with Crippen molar-refractivity contribution in [3.8, 4) is 0 Å². The van der Waals surface area contributed by atoms with E-state index in [-0.39, 0.29) is 0 Å². The third kappa shape index (κ3) is 4.59. The van der Waals surface area contributed by atoms with E-state index in [0.717, 1.165) is 18.5 Å². The zero-order chi connectivity index (χ0) is 15.1. The lowest BCUT2D eigenvalue weighted by Crippen LogP contribution is -2.11. The summed E-state index contributed by atoms with van der Waals surface area (Å²) in [5.74, 6) is 1.96. The molecule has 0 saturated carbocycles. The monoisotopic (exact) mass is 286 g/mol. The minimum Gasteiger partial charge on any atom is -0.393 e. The molecule has 0 saturated heterocycles. The van der Waals surface area contributed by atoms with Crippen molar-refractivity contribution in [2.75, 3.05) is 22.9 Å². The lowest BCUT2D eigenvalue weighted by atomic mass is 10.1. The van der Waals surface area contributed by atoms with Gasteiger partial charge in [-0.3, -0.25) is 4.98 Å². The van der Waals surface area contributed by atoms with E-state index in [0.29, 0.717) is 29.8 Å². The summed E-state index contributed by atoms with van der Waals surface area (Å²) in [4.78, 5) is 12.5. The number of aromatic nitrogens is 3. The molecule has 0 aliphatic rings. The van der Waals surface area contributed by atoms with Crippen LogP contribution < -0.4 is 16.4 Å². The number of hydrogen-bond acceptors (Lipinski definition) is 6. The summed E-state index contributed by atoms with van der Waals surface area (Å²) in [6.07, 6.45) is 6.15. The average Bonchev–Trinajstić information content (AvgIpc) is 2.48. The Morgan fingerprint density at radius 3 is 2.62 bits per heavy atom. The van der Waals surface area contributed by atoms with Crippen LogP contribution >= 0.6 is 0 Å². The number of nitrogens with two attached hydrogens (primary N) is 1. The van der Waals surface area contributed by atoms with Crippen LogP contribution in [0.4, 0.5) is 17.3 Å². The van der Waals surface area contributed by atoms with Gasteiger partial charge >= 0.3 is 0 Å². The van der Waals surface area contributed by atoms with Crippen LogP contribution in [-0.2, 0) is 6.54 Å². The molecule has 0 aliphatic carbocycles. The van der Waals surface area contributed by atoms with Gasteiger partial charge in [-0.25, -0.2) is 9.97 Å².